The molecule has 1 amide bonds. The summed E-state index contributed by atoms with van der Waals surface area (Å²) in [5.41, 5.74) is 2.27. The van der Waals surface area contributed by atoms with E-state index in [1.165, 1.54) is 11.6 Å². The number of aromatic nitrogens is 2. The summed E-state index contributed by atoms with van der Waals surface area (Å²) in [7, 11) is 0. The van der Waals surface area contributed by atoms with E-state index < -0.39 is 0 Å². The molecule has 0 N–H and O–H groups in total. The zero-order chi connectivity index (χ0) is 11.7. The molecule has 0 aliphatic carbocycles. The fourth-order valence-electron chi connectivity index (χ4n) is 2.05. The van der Waals surface area contributed by atoms with Crippen molar-refractivity contribution in [1.29, 1.82) is 0 Å². The Morgan fingerprint density at radius 3 is 2.94 bits per heavy atom. The first-order chi connectivity index (χ1) is 7.61. The number of carbonyl (C=O) groups is 1. The lowest BCUT2D eigenvalue weighted by Crippen LogP contribution is -2.27. The van der Waals surface area contributed by atoms with Crippen LogP contribution in [0.3, 0.4) is 0 Å². The highest BCUT2D eigenvalue weighted by Crippen LogP contribution is 2.22. The summed E-state index contributed by atoms with van der Waals surface area (Å²) < 4.78 is 1.99. The molecule has 0 radical (unpaired) electrons. The van der Waals surface area contributed by atoms with Gasteiger partial charge < -0.3 is 4.90 Å². The minimum Gasteiger partial charge on any atom is -0.337 e. The van der Waals surface area contributed by atoms with Crippen molar-refractivity contribution in [3.05, 3.63) is 30.1 Å². The lowest BCUT2D eigenvalue weighted by Gasteiger charge is -2.14. The van der Waals surface area contributed by atoms with Crippen LogP contribution < -0.4 is 0 Å². The second-order valence-corrected chi connectivity index (χ2v) is 4.31. The summed E-state index contributed by atoms with van der Waals surface area (Å²) >= 11 is 0. The van der Waals surface area contributed by atoms with Gasteiger partial charge in [0.1, 0.15) is 0 Å². The standard InChI is InChI=1S/C12H17N3O/c1-4-12(16)14-6-5-11(8-14)15-7-9(2)10(3)13-15/h4,7,11H,1,5-6,8H2,2-3H3. The van der Waals surface area contributed by atoms with Crippen molar-refractivity contribution < 1.29 is 4.79 Å². The third kappa shape index (κ3) is 1.87. The monoisotopic (exact) mass is 219 g/mol. The zero-order valence-electron chi connectivity index (χ0n) is 9.81. The molecular formula is C12H17N3O. The Labute approximate surface area is 95.5 Å². The van der Waals surface area contributed by atoms with Crippen LogP contribution in [0.15, 0.2) is 18.9 Å². The molecule has 2 heterocycles. The van der Waals surface area contributed by atoms with Crippen LogP contribution >= 0.6 is 0 Å². The third-order valence-corrected chi connectivity index (χ3v) is 3.19. The maximum Gasteiger partial charge on any atom is 0.246 e. The quantitative estimate of drug-likeness (QED) is 0.706. The predicted octanol–water partition coefficient (Wildman–Crippen LogP) is 1.46. The van der Waals surface area contributed by atoms with Crippen molar-refractivity contribution in [2.45, 2.75) is 26.3 Å². The van der Waals surface area contributed by atoms with Gasteiger partial charge in [-0.2, -0.15) is 5.10 Å². The minimum absolute atomic E-state index is 0.0168. The van der Waals surface area contributed by atoms with E-state index in [1.807, 2.05) is 16.5 Å². The summed E-state index contributed by atoms with van der Waals surface area (Å²) in [6.45, 7) is 9.11. The molecular weight excluding hydrogens is 202 g/mol. The van der Waals surface area contributed by atoms with E-state index in [4.69, 9.17) is 0 Å². The van der Waals surface area contributed by atoms with Crippen LogP contribution in [0.5, 0.6) is 0 Å². The molecule has 0 bridgehead atoms. The van der Waals surface area contributed by atoms with Gasteiger partial charge in [0, 0.05) is 19.3 Å². The fraction of sp³-hybridized carbons (Fsp3) is 0.500. The highest BCUT2D eigenvalue weighted by Gasteiger charge is 2.26. The first kappa shape index (κ1) is 10.9. The summed E-state index contributed by atoms with van der Waals surface area (Å²) in [5.74, 6) is 0.0168. The first-order valence-electron chi connectivity index (χ1n) is 5.55. The van der Waals surface area contributed by atoms with E-state index in [9.17, 15) is 4.79 Å². The van der Waals surface area contributed by atoms with Crippen molar-refractivity contribution in [1.82, 2.24) is 14.7 Å². The van der Waals surface area contributed by atoms with Crippen LogP contribution in [0.2, 0.25) is 0 Å². The van der Waals surface area contributed by atoms with Gasteiger partial charge in [0.05, 0.1) is 11.7 Å². The van der Waals surface area contributed by atoms with E-state index in [0.717, 1.165) is 25.2 Å². The van der Waals surface area contributed by atoms with Crippen molar-refractivity contribution in [2.24, 2.45) is 0 Å². The van der Waals surface area contributed by atoms with Gasteiger partial charge >= 0.3 is 0 Å². The van der Waals surface area contributed by atoms with E-state index in [-0.39, 0.29) is 5.91 Å². The SMILES string of the molecule is C=CC(=O)N1CCC(n2cc(C)c(C)n2)C1. The van der Waals surface area contributed by atoms with E-state index in [0.29, 0.717) is 6.04 Å². The number of hydrogen-bond donors (Lipinski definition) is 0. The normalized spacial score (nSPS) is 20.1. The van der Waals surface area contributed by atoms with Crippen molar-refractivity contribution in [2.75, 3.05) is 13.1 Å². The third-order valence-electron chi connectivity index (χ3n) is 3.19. The average molecular weight is 219 g/mol. The summed E-state index contributed by atoms with van der Waals surface area (Å²) in [6.07, 6.45) is 4.41. The van der Waals surface area contributed by atoms with Crippen LogP contribution in [-0.2, 0) is 4.79 Å². The van der Waals surface area contributed by atoms with E-state index >= 15 is 0 Å². The number of hydrogen-bond acceptors (Lipinski definition) is 2. The Balaban J connectivity index is 2.09. The number of carbonyl (C=O) groups excluding carboxylic acids is 1. The maximum atomic E-state index is 11.4. The molecule has 1 fully saturated rings. The molecule has 1 aromatic heterocycles. The zero-order valence-corrected chi connectivity index (χ0v) is 9.81. The van der Waals surface area contributed by atoms with Crippen LogP contribution in [0.4, 0.5) is 0 Å². The van der Waals surface area contributed by atoms with E-state index in [1.54, 1.807) is 0 Å². The number of likely N-dealkylation sites (tertiary alicyclic amines) is 1. The lowest BCUT2D eigenvalue weighted by atomic mass is 10.2. The Bertz CT molecular complexity index is 402. The summed E-state index contributed by atoms with van der Waals surface area (Å²) in [4.78, 5) is 13.3. The highest BCUT2D eigenvalue weighted by atomic mass is 16.2. The molecule has 0 spiro atoms. The van der Waals surface area contributed by atoms with E-state index in [2.05, 4.69) is 24.8 Å². The fourth-order valence-corrected chi connectivity index (χ4v) is 2.05. The first-order valence-corrected chi connectivity index (χ1v) is 5.55. The van der Waals surface area contributed by atoms with Crippen molar-refractivity contribution in [3.8, 4) is 0 Å². The van der Waals surface area contributed by atoms with Crippen LogP contribution in [0.1, 0.15) is 23.7 Å². The Kier molecular flexibility index (Phi) is 2.81. The number of aryl methyl sites for hydroxylation is 2. The van der Waals surface area contributed by atoms with Crippen molar-refractivity contribution in [3.63, 3.8) is 0 Å². The number of nitrogens with zero attached hydrogens (tertiary/aromatic N) is 3. The Morgan fingerprint density at radius 1 is 1.62 bits per heavy atom. The summed E-state index contributed by atoms with van der Waals surface area (Å²) in [5, 5.41) is 4.46. The Hall–Kier alpha value is -1.58. The Morgan fingerprint density at radius 2 is 2.38 bits per heavy atom. The van der Waals surface area contributed by atoms with Gasteiger partial charge in [0.2, 0.25) is 5.91 Å². The van der Waals surface area contributed by atoms with Crippen LogP contribution in [0.25, 0.3) is 0 Å². The van der Waals surface area contributed by atoms with Gasteiger partial charge in [-0.05, 0) is 31.9 Å². The smallest absolute Gasteiger partial charge is 0.246 e. The van der Waals surface area contributed by atoms with Crippen LogP contribution in [-0.4, -0.2) is 33.7 Å². The molecule has 4 heteroatoms. The highest BCUT2D eigenvalue weighted by molar-refractivity contribution is 5.87. The molecule has 1 unspecified atom stereocenters. The minimum atomic E-state index is 0.0168. The molecule has 4 nitrogen and oxygen atoms in total. The maximum absolute atomic E-state index is 11.4. The molecule has 0 aromatic carbocycles. The molecule has 2 rings (SSSR count). The predicted molar refractivity (Wildman–Crippen MR) is 62.1 cm³/mol. The van der Waals surface area contributed by atoms with Gasteiger partial charge in [0.25, 0.3) is 0 Å². The van der Waals surface area contributed by atoms with Crippen molar-refractivity contribution >= 4 is 5.91 Å². The number of amides is 1. The molecule has 16 heavy (non-hydrogen) atoms. The van der Waals surface area contributed by atoms with Crippen LogP contribution in [0, 0.1) is 13.8 Å². The number of rotatable bonds is 2. The van der Waals surface area contributed by atoms with Gasteiger partial charge in [-0.15, -0.1) is 0 Å². The molecule has 86 valence electrons. The average Bonchev–Trinajstić information content (AvgIpc) is 2.86. The molecule has 1 aromatic rings. The van der Waals surface area contributed by atoms with Gasteiger partial charge in [-0.3, -0.25) is 9.48 Å². The topological polar surface area (TPSA) is 38.1 Å². The molecule has 1 atom stereocenters. The largest absolute Gasteiger partial charge is 0.337 e. The van der Waals surface area contributed by atoms with Gasteiger partial charge in [-0.1, -0.05) is 6.58 Å². The molecule has 0 saturated carbocycles. The molecule has 1 aliphatic heterocycles. The molecule has 1 saturated heterocycles. The lowest BCUT2D eigenvalue weighted by molar-refractivity contribution is -0.125. The summed E-state index contributed by atoms with van der Waals surface area (Å²) in [6, 6.07) is 0.316. The second-order valence-electron chi connectivity index (χ2n) is 4.31. The van der Waals surface area contributed by atoms with Gasteiger partial charge in [0.15, 0.2) is 0 Å². The second kappa shape index (κ2) is 4.12. The molecule has 1 aliphatic rings. The van der Waals surface area contributed by atoms with Gasteiger partial charge in [-0.25, -0.2) is 0 Å².